The fraction of sp³-hybridized carbons (Fsp3) is 0.524. The summed E-state index contributed by atoms with van der Waals surface area (Å²) in [6.07, 6.45) is 6.04. The Labute approximate surface area is 162 Å². The lowest BCUT2D eigenvalue weighted by Gasteiger charge is -2.33. The molecule has 1 aromatic heterocycles. The van der Waals surface area contributed by atoms with E-state index in [4.69, 9.17) is 0 Å². The maximum absolute atomic E-state index is 13.0. The molecule has 3 rings (SSSR count). The van der Waals surface area contributed by atoms with Crippen LogP contribution in [0.3, 0.4) is 0 Å². The molecule has 0 saturated carbocycles. The van der Waals surface area contributed by atoms with Crippen LogP contribution in [0.5, 0.6) is 0 Å². The first-order valence-electron chi connectivity index (χ1n) is 9.68. The second kappa shape index (κ2) is 8.57. The number of anilines is 1. The lowest BCUT2D eigenvalue weighted by molar-refractivity contribution is 0.0703. The molecule has 6 nitrogen and oxygen atoms in total. The number of carbonyl (C=O) groups excluding carboxylic acids is 1. The number of hydrogen-bond acceptors (Lipinski definition) is 4. The molecule has 1 aliphatic rings. The number of rotatable bonds is 6. The summed E-state index contributed by atoms with van der Waals surface area (Å²) in [6.45, 7) is 3.48. The van der Waals surface area contributed by atoms with Crippen molar-refractivity contribution in [1.82, 2.24) is 19.4 Å². The van der Waals surface area contributed by atoms with Gasteiger partial charge >= 0.3 is 0 Å². The number of piperidine rings is 1. The molecule has 0 unspecified atom stereocenters. The molecule has 2 heterocycles. The zero-order valence-corrected chi connectivity index (χ0v) is 16.9. The molecular formula is C21H31N5O. The van der Waals surface area contributed by atoms with Gasteiger partial charge in [0.05, 0.1) is 0 Å². The lowest BCUT2D eigenvalue weighted by atomic mass is 9.96. The number of nitrogens with zero attached hydrogens (tertiary/aromatic N) is 5. The highest BCUT2D eigenvalue weighted by Crippen LogP contribution is 2.27. The van der Waals surface area contributed by atoms with E-state index in [9.17, 15) is 4.79 Å². The molecule has 1 saturated heterocycles. The Morgan fingerprint density at radius 3 is 2.59 bits per heavy atom. The van der Waals surface area contributed by atoms with E-state index >= 15 is 0 Å². The van der Waals surface area contributed by atoms with Crippen LogP contribution < -0.4 is 4.90 Å². The number of aromatic nitrogens is 2. The molecule has 0 N–H and O–H groups in total. The van der Waals surface area contributed by atoms with E-state index in [1.807, 2.05) is 54.4 Å². The number of likely N-dealkylation sites (tertiary alicyclic amines) is 1. The minimum absolute atomic E-state index is 0.122. The average Bonchev–Trinajstić information content (AvgIpc) is 3.14. The minimum Gasteiger partial charge on any atom is -0.378 e. The molecular weight excluding hydrogens is 338 g/mol. The van der Waals surface area contributed by atoms with Crippen molar-refractivity contribution in [3.05, 3.63) is 48.0 Å². The van der Waals surface area contributed by atoms with E-state index in [1.165, 1.54) is 0 Å². The first-order chi connectivity index (χ1) is 13.0. The number of likely N-dealkylation sites (N-methyl/N-ethyl adjacent to an activating group) is 1. The standard InChI is InChI=1S/C21H31N5O/c1-23(2)14-15-25-13-11-22-20(25)18-6-5-12-26(16-18)21(27)17-7-9-19(10-8-17)24(3)4/h7-11,13,18H,5-6,12,14-16H2,1-4H3/t18-/m1/s1. The van der Waals surface area contributed by atoms with E-state index in [0.29, 0.717) is 5.92 Å². The Morgan fingerprint density at radius 1 is 1.19 bits per heavy atom. The SMILES string of the molecule is CN(C)CCn1ccnc1[C@@H]1CCCN(C(=O)c2ccc(N(C)C)cc2)C1. The van der Waals surface area contributed by atoms with E-state index in [1.54, 1.807) is 0 Å². The molecule has 2 aromatic rings. The van der Waals surface area contributed by atoms with Gasteiger partial charge in [0.1, 0.15) is 5.82 Å². The van der Waals surface area contributed by atoms with Gasteiger partial charge in [-0.05, 0) is 51.2 Å². The average molecular weight is 370 g/mol. The zero-order valence-electron chi connectivity index (χ0n) is 16.9. The second-order valence-corrected chi connectivity index (χ2v) is 7.81. The van der Waals surface area contributed by atoms with Gasteiger partial charge in [-0.25, -0.2) is 4.98 Å². The van der Waals surface area contributed by atoms with Crippen LogP contribution in [0, 0.1) is 0 Å². The quantitative estimate of drug-likeness (QED) is 0.785. The van der Waals surface area contributed by atoms with Crippen LogP contribution in [-0.4, -0.2) is 73.1 Å². The summed E-state index contributed by atoms with van der Waals surface area (Å²) in [5.74, 6) is 1.54. The van der Waals surface area contributed by atoms with Gasteiger partial charge in [0.15, 0.2) is 0 Å². The first kappa shape index (κ1) is 19.4. The van der Waals surface area contributed by atoms with Crippen LogP contribution in [0.15, 0.2) is 36.7 Å². The highest BCUT2D eigenvalue weighted by atomic mass is 16.2. The number of benzene rings is 1. The van der Waals surface area contributed by atoms with Crippen LogP contribution >= 0.6 is 0 Å². The van der Waals surface area contributed by atoms with Crippen molar-refractivity contribution >= 4 is 11.6 Å². The van der Waals surface area contributed by atoms with Gasteiger partial charge in [-0.2, -0.15) is 0 Å². The molecule has 0 aliphatic carbocycles. The normalized spacial score (nSPS) is 17.4. The molecule has 1 aromatic carbocycles. The molecule has 27 heavy (non-hydrogen) atoms. The van der Waals surface area contributed by atoms with E-state index in [-0.39, 0.29) is 5.91 Å². The van der Waals surface area contributed by atoms with Crippen molar-refractivity contribution in [3.8, 4) is 0 Å². The minimum atomic E-state index is 0.122. The van der Waals surface area contributed by atoms with Gasteiger partial charge in [-0.1, -0.05) is 0 Å². The van der Waals surface area contributed by atoms with Crippen molar-refractivity contribution in [2.75, 3.05) is 52.7 Å². The topological polar surface area (TPSA) is 44.6 Å². The van der Waals surface area contributed by atoms with Crippen LogP contribution in [0.2, 0.25) is 0 Å². The van der Waals surface area contributed by atoms with Crippen molar-refractivity contribution in [2.24, 2.45) is 0 Å². The summed E-state index contributed by atoms with van der Waals surface area (Å²) in [4.78, 5) is 23.8. The third-order valence-corrected chi connectivity index (χ3v) is 5.24. The van der Waals surface area contributed by atoms with Crippen molar-refractivity contribution in [1.29, 1.82) is 0 Å². The van der Waals surface area contributed by atoms with Crippen molar-refractivity contribution < 1.29 is 4.79 Å². The molecule has 146 valence electrons. The predicted octanol–water partition coefficient (Wildman–Crippen LogP) is 2.53. The Hall–Kier alpha value is -2.34. The highest BCUT2D eigenvalue weighted by molar-refractivity contribution is 5.94. The summed E-state index contributed by atoms with van der Waals surface area (Å²) in [7, 11) is 8.17. The lowest BCUT2D eigenvalue weighted by Crippen LogP contribution is -2.40. The maximum Gasteiger partial charge on any atom is 0.253 e. The van der Waals surface area contributed by atoms with Crippen LogP contribution in [0.4, 0.5) is 5.69 Å². The van der Waals surface area contributed by atoms with Gasteiger partial charge in [-0.15, -0.1) is 0 Å². The van der Waals surface area contributed by atoms with Gasteiger partial charge < -0.3 is 19.3 Å². The largest absolute Gasteiger partial charge is 0.378 e. The summed E-state index contributed by atoms with van der Waals surface area (Å²) in [5, 5.41) is 0. The fourth-order valence-electron chi connectivity index (χ4n) is 3.63. The number of imidazole rings is 1. The monoisotopic (exact) mass is 369 g/mol. The molecule has 1 aliphatic heterocycles. The van der Waals surface area contributed by atoms with Gasteiger partial charge in [0.25, 0.3) is 5.91 Å². The van der Waals surface area contributed by atoms with Crippen molar-refractivity contribution in [2.45, 2.75) is 25.3 Å². The Kier molecular flexibility index (Phi) is 6.16. The highest BCUT2D eigenvalue weighted by Gasteiger charge is 2.28. The number of amides is 1. The van der Waals surface area contributed by atoms with E-state index in [2.05, 4.69) is 34.7 Å². The van der Waals surface area contributed by atoms with Crippen molar-refractivity contribution in [3.63, 3.8) is 0 Å². The summed E-state index contributed by atoms with van der Waals surface area (Å²) >= 11 is 0. The third kappa shape index (κ3) is 4.69. The van der Waals surface area contributed by atoms with Gasteiger partial charge in [-0.3, -0.25) is 4.79 Å². The Morgan fingerprint density at radius 2 is 1.93 bits per heavy atom. The number of carbonyl (C=O) groups is 1. The van der Waals surface area contributed by atoms with E-state index < -0.39 is 0 Å². The number of hydrogen-bond donors (Lipinski definition) is 0. The summed E-state index contributed by atoms with van der Waals surface area (Å²) in [6, 6.07) is 7.86. The zero-order chi connectivity index (χ0) is 19.4. The molecule has 1 atom stereocenters. The molecule has 0 spiro atoms. The Balaban J connectivity index is 1.69. The fourth-order valence-corrected chi connectivity index (χ4v) is 3.63. The summed E-state index contributed by atoms with van der Waals surface area (Å²) in [5.41, 5.74) is 1.86. The van der Waals surface area contributed by atoms with Crippen LogP contribution in [-0.2, 0) is 6.54 Å². The van der Waals surface area contributed by atoms with Gasteiger partial charge in [0.2, 0.25) is 0 Å². The van der Waals surface area contributed by atoms with Crippen LogP contribution in [0.1, 0.15) is 34.9 Å². The third-order valence-electron chi connectivity index (χ3n) is 5.24. The smallest absolute Gasteiger partial charge is 0.253 e. The first-order valence-corrected chi connectivity index (χ1v) is 9.68. The summed E-state index contributed by atoms with van der Waals surface area (Å²) < 4.78 is 2.24. The Bertz CT molecular complexity index is 750. The van der Waals surface area contributed by atoms with Gasteiger partial charge in [0, 0.05) is 69.8 Å². The maximum atomic E-state index is 13.0. The van der Waals surface area contributed by atoms with Crippen LogP contribution in [0.25, 0.3) is 0 Å². The molecule has 0 bridgehead atoms. The predicted molar refractivity (Wildman–Crippen MR) is 109 cm³/mol. The van der Waals surface area contributed by atoms with E-state index in [0.717, 1.165) is 56.1 Å². The molecule has 0 radical (unpaired) electrons. The molecule has 6 heteroatoms. The second-order valence-electron chi connectivity index (χ2n) is 7.81. The molecule has 1 amide bonds. The molecule has 1 fully saturated rings.